The summed E-state index contributed by atoms with van der Waals surface area (Å²) in [6.45, 7) is 2.37. The first-order chi connectivity index (χ1) is 6.75. The predicted octanol–water partition coefficient (Wildman–Crippen LogP) is 0.710. The zero-order valence-corrected chi connectivity index (χ0v) is 8.43. The van der Waals surface area contributed by atoms with Crippen LogP contribution in [0.3, 0.4) is 0 Å². The second-order valence-electron chi connectivity index (χ2n) is 3.83. The summed E-state index contributed by atoms with van der Waals surface area (Å²) >= 11 is 0. The van der Waals surface area contributed by atoms with Gasteiger partial charge < -0.3 is 5.11 Å². The van der Waals surface area contributed by atoms with E-state index in [9.17, 15) is 5.11 Å². The first-order valence-corrected chi connectivity index (χ1v) is 4.93. The second kappa shape index (κ2) is 4.09. The molecule has 0 aromatic heterocycles. The molecule has 0 spiro atoms. The smallest absolute Gasteiger partial charge is 0.0822 e. The minimum absolute atomic E-state index is 0.205. The summed E-state index contributed by atoms with van der Waals surface area (Å²) in [6.07, 6.45) is -0.205. The predicted molar refractivity (Wildman–Crippen MR) is 55.5 cm³/mol. The third-order valence-corrected chi connectivity index (χ3v) is 2.59. The lowest BCUT2D eigenvalue weighted by atomic mass is 10.2. The quantitative estimate of drug-likeness (QED) is 0.747. The van der Waals surface area contributed by atoms with Gasteiger partial charge in [-0.1, -0.05) is 30.3 Å². The standard InChI is InChI=1S/C11H16N2O/c1-12-8-11(14)9-13(12)7-10-5-3-2-4-6-10/h2-6,11,14H,7-9H2,1H3. The number of aliphatic hydroxyl groups excluding tert-OH is 1. The number of nitrogens with zero attached hydrogens (tertiary/aromatic N) is 2. The lowest BCUT2D eigenvalue weighted by Gasteiger charge is -2.23. The largest absolute Gasteiger partial charge is 0.390 e. The molecular formula is C11H16N2O. The summed E-state index contributed by atoms with van der Waals surface area (Å²) in [5, 5.41) is 13.7. The van der Waals surface area contributed by atoms with Gasteiger partial charge in [0.15, 0.2) is 0 Å². The second-order valence-corrected chi connectivity index (χ2v) is 3.83. The molecule has 1 aromatic carbocycles. The van der Waals surface area contributed by atoms with Crippen molar-refractivity contribution in [2.45, 2.75) is 12.6 Å². The SMILES string of the molecule is CN1CC(O)CN1Cc1ccccc1. The minimum atomic E-state index is -0.205. The molecule has 14 heavy (non-hydrogen) atoms. The molecular weight excluding hydrogens is 176 g/mol. The van der Waals surface area contributed by atoms with E-state index in [1.807, 2.05) is 25.2 Å². The van der Waals surface area contributed by atoms with Gasteiger partial charge in [0.1, 0.15) is 0 Å². The summed E-state index contributed by atoms with van der Waals surface area (Å²) in [5.41, 5.74) is 1.29. The maximum Gasteiger partial charge on any atom is 0.0822 e. The van der Waals surface area contributed by atoms with Crippen LogP contribution in [0.1, 0.15) is 5.56 Å². The molecule has 1 atom stereocenters. The third-order valence-electron chi connectivity index (χ3n) is 2.59. The van der Waals surface area contributed by atoms with Gasteiger partial charge in [-0.2, -0.15) is 0 Å². The zero-order valence-electron chi connectivity index (χ0n) is 8.43. The molecule has 1 fully saturated rings. The van der Waals surface area contributed by atoms with Crippen molar-refractivity contribution in [1.82, 2.24) is 10.0 Å². The number of benzene rings is 1. The van der Waals surface area contributed by atoms with Crippen LogP contribution in [0.2, 0.25) is 0 Å². The van der Waals surface area contributed by atoms with Crippen molar-refractivity contribution in [1.29, 1.82) is 0 Å². The van der Waals surface area contributed by atoms with Gasteiger partial charge in [-0.3, -0.25) is 0 Å². The van der Waals surface area contributed by atoms with Crippen LogP contribution >= 0.6 is 0 Å². The van der Waals surface area contributed by atoms with Crippen LogP contribution in [0.4, 0.5) is 0 Å². The van der Waals surface area contributed by atoms with Gasteiger partial charge in [-0.15, -0.1) is 0 Å². The molecule has 1 aliphatic rings. The molecule has 1 aliphatic heterocycles. The van der Waals surface area contributed by atoms with E-state index in [4.69, 9.17) is 0 Å². The summed E-state index contributed by atoms with van der Waals surface area (Å²) in [6, 6.07) is 10.3. The zero-order chi connectivity index (χ0) is 9.97. The van der Waals surface area contributed by atoms with Crippen LogP contribution in [0.15, 0.2) is 30.3 Å². The Bertz CT molecular complexity index is 289. The van der Waals surface area contributed by atoms with Gasteiger partial charge in [0.05, 0.1) is 6.10 Å². The number of hydrogen-bond acceptors (Lipinski definition) is 3. The first kappa shape index (κ1) is 9.65. The third kappa shape index (κ3) is 2.12. The van der Waals surface area contributed by atoms with E-state index >= 15 is 0 Å². The van der Waals surface area contributed by atoms with Gasteiger partial charge in [0.2, 0.25) is 0 Å². The summed E-state index contributed by atoms with van der Waals surface area (Å²) in [4.78, 5) is 0. The van der Waals surface area contributed by atoms with Crippen LogP contribution in [-0.4, -0.2) is 41.4 Å². The molecule has 76 valence electrons. The fraction of sp³-hybridized carbons (Fsp3) is 0.455. The van der Waals surface area contributed by atoms with Crippen molar-refractivity contribution in [3.05, 3.63) is 35.9 Å². The Labute approximate surface area is 84.5 Å². The fourth-order valence-electron chi connectivity index (χ4n) is 1.84. The Kier molecular flexibility index (Phi) is 2.82. The average molecular weight is 192 g/mol. The normalized spacial score (nSPS) is 24.3. The van der Waals surface area contributed by atoms with Crippen molar-refractivity contribution >= 4 is 0 Å². The molecule has 1 unspecified atom stereocenters. The molecule has 1 saturated heterocycles. The summed E-state index contributed by atoms with van der Waals surface area (Å²) in [7, 11) is 2.01. The van der Waals surface area contributed by atoms with Crippen molar-refractivity contribution in [2.75, 3.05) is 20.1 Å². The van der Waals surface area contributed by atoms with Crippen molar-refractivity contribution in [3.63, 3.8) is 0 Å². The molecule has 0 radical (unpaired) electrons. The first-order valence-electron chi connectivity index (χ1n) is 4.93. The van der Waals surface area contributed by atoms with Crippen LogP contribution in [0, 0.1) is 0 Å². The van der Waals surface area contributed by atoms with Crippen LogP contribution in [0.25, 0.3) is 0 Å². The Morgan fingerprint density at radius 2 is 2.00 bits per heavy atom. The summed E-state index contributed by atoms with van der Waals surface area (Å²) in [5.74, 6) is 0. The van der Waals surface area contributed by atoms with Crippen LogP contribution in [0.5, 0.6) is 0 Å². The minimum Gasteiger partial charge on any atom is -0.390 e. The molecule has 0 saturated carbocycles. The Morgan fingerprint density at radius 1 is 1.29 bits per heavy atom. The molecule has 3 nitrogen and oxygen atoms in total. The van der Waals surface area contributed by atoms with Crippen LogP contribution in [-0.2, 0) is 6.54 Å². The van der Waals surface area contributed by atoms with E-state index in [2.05, 4.69) is 22.2 Å². The molecule has 1 heterocycles. The lowest BCUT2D eigenvalue weighted by Crippen LogP contribution is -2.32. The van der Waals surface area contributed by atoms with Crippen molar-refractivity contribution in [2.24, 2.45) is 0 Å². The highest BCUT2D eigenvalue weighted by atomic mass is 16.3. The molecule has 0 bridgehead atoms. The molecule has 2 rings (SSSR count). The van der Waals surface area contributed by atoms with Gasteiger partial charge in [-0.05, 0) is 5.56 Å². The van der Waals surface area contributed by atoms with E-state index in [1.54, 1.807) is 0 Å². The fourth-order valence-corrected chi connectivity index (χ4v) is 1.84. The highest BCUT2D eigenvalue weighted by Gasteiger charge is 2.25. The molecule has 0 amide bonds. The number of hydrazine groups is 1. The van der Waals surface area contributed by atoms with Crippen molar-refractivity contribution < 1.29 is 5.11 Å². The Hall–Kier alpha value is -0.900. The van der Waals surface area contributed by atoms with E-state index in [-0.39, 0.29) is 6.10 Å². The average Bonchev–Trinajstić information content (AvgIpc) is 2.47. The highest BCUT2D eigenvalue weighted by molar-refractivity contribution is 5.14. The number of aliphatic hydroxyl groups is 1. The van der Waals surface area contributed by atoms with Gasteiger partial charge in [0, 0.05) is 26.7 Å². The van der Waals surface area contributed by atoms with E-state index in [1.165, 1.54) is 5.56 Å². The van der Waals surface area contributed by atoms with Gasteiger partial charge in [-0.25, -0.2) is 10.0 Å². The number of rotatable bonds is 2. The Balaban J connectivity index is 1.98. The maximum atomic E-state index is 9.46. The lowest BCUT2D eigenvalue weighted by molar-refractivity contribution is 0.0473. The molecule has 1 N–H and O–H groups in total. The monoisotopic (exact) mass is 192 g/mol. The molecule has 0 aliphatic carbocycles. The number of likely N-dealkylation sites (N-methyl/N-ethyl adjacent to an activating group) is 1. The number of hydrogen-bond donors (Lipinski definition) is 1. The van der Waals surface area contributed by atoms with Gasteiger partial charge in [0.25, 0.3) is 0 Å². The van der Waals surface area contributed by atoms with E-state index < -0.39 is 0 Å². The summed E-state index contributed by atoms with van der Waals surface area (Å²) < 4.78 is 0. The van der Waals surface area contributed by atoms with E-state index in [0.29, 0.717) is 0 Å². The van der Waals surface area contributed by atoms with Gasteiger partial charge >= 0.3 is 0 Å². The van der Waals surface area contributed by atoms with Crippen LogP contribution < -0.4 is 0 Å². The topological polar surface area (TPSA) is 26.7 Å². The Morgan fingerprint density at radius 3 is 2.57 bits per heavy atom. The molecule has 3 heteroatoms. The number of β-amino-alcohol motifs (C(OH)–C–C–N with tert-alkyl or cyclic N) is 1. The van der Waals surface area contributed by atoms with E-state index in [0.717, 1.165) is 19.6 Å². The maximum absolute atomic E-state index is 9.46. The van der Waals surface area contributed by atoms with Crippen molar-refractivity contribution in [3.8, 4) is 0 Å². The highest BCUT2D eigenvalue weighted by Crippen LogP contribution is 2.12. The molecule has 1 aromatic rings.